The minimum absolute atomic E-state index is 0.152. The molecule has 0 spiro atoms. The summed E-state index contributed by atoms with van der Waals surface area (Å²) < 4.78 is 5.77. The number of hydrogen-bond donors (Lipinski definition) is 2. The quantitative estimate of drug-likeness (QED) is 0.852. The van der Waals surface area contributed by atoms with Gasteiger partial charge in [-0.15, -0.1) is 0 Å². The first-order valence-electron chi connectivity index (χ1n) is 6.07. The molecule has 0 saturated heterocycles. The molecule has 17 heavy (non-hydrogen) atoms. The van der Waals surface area contributed by atoms with Crippen molar-refractivity contribution in [1.82, 2.24) is 5.32 Å². The third kappa shape index (κ3) is 2.35. The highest BCUT2D eigenvalue weighted by molar-refractivity contribution is 5.82. The van der Waals surface area contributed by atoms with Crippen LogP contribution in [-0.4, -0.2) is 12.6 Å². The van der Waals surface area contributed by atoms with Crippen LogP contribution in [0.2, 0.25) is 0 Å². The lowest BCUT2D eigenvalue weighted by atomic mass is 10.0. The molecule has 0 saturated carbocycles. The first kappa shape index (κ1) is 12.1. The number of para-hydroxylation sites is 1. The molecule has 0 amide bonds. The second kappa shape index (κ2) is 4.90. The molecule has 92 valence electrons. The van der Waals surface area contributed by atoms with Crippen molar-refractivity contribution in [3.05, 3.63) is 35.6 Å². The van der Waals surface area contributed by atoms with Gasteiger partial charge in [0.2, 0.25) is 0 Å². The zero-order valence-corrected chi connectivity index (χ0v) is 10.7. The van der Waals surface area contributed by atoms with Gasteiger partial charge in [-0.05, 0) is 13.0 Å². The molecule has 0 aliphatic carbocycles. The van der Waals surface area contributed by atoms with Gasteiger partial charge < -0.3 is 15.5 Å². The van der Waals surface area contributed by atoms with Crippen LogP contribution >= 0.6 is 0 Å². The molecule has 0 aliphatic heterocycles. The van der Waals surface area contributed by atoms with E-state index in [4.69, 9.17) is 10.2 Å². The minimum Gasteiger partial charge on any atom is -0.461 e. The lowest BCUT2D eigenvalue weighted by Gasteiger charge is -2.19. The van der Waals surface area contributed by atoms with Crippen LogP contribution in [0.3, 0.4) is 0 Å². The molecule has 0 aliphatic rings. The van der Waals surface area contributed by atoms with Crippen LogP contribution in [0.25, 0.3) is 11.0 Å². The Bertz CT molecular complexity index is 502. The first-order chi connectivity index (χ1) is 8.13. The number of nitrogens with one attached hydrogen (secondary N) is 1. The molecule has 0 bridgehead atoms. The monoisotopic (exact) mass is 232 g/mol. The maximum absolute atomic E-state index is 5.87. The standard InChI is InChI=1S/C14H20N2O/c1-9(2)16-12(8-15)14-10(3)17-13-7-5-4-6-11(13)14/h4-7,9,12,16H,8,15H2,1-3H3. The van der Waals surface area contributed by atoms with Gasteiger partial charge in [0.25, 0.3) is 0 Å². The number of nitrogens with two attached hydrogens (primary N) is 1. The first-order valence-corrected chi connectivity index (χ1v) is 6.07. The fourth-order valence-electron chi connectivity index (χ4n) is 2.29. The lowest BCUT2D eigenvalue weighted by molar-refractivity contribution is 0.472. The van der Waals surface area contributed by atoms with Gasteiger partial charge in [0.05, 0.1) is 0 Å². The van der Waals surface area contributed by atoms with Crippen LogP contribution in [0.15, 0.2) is 28.7 Å². The third-order valence-electron chi connectivity index (χ3n) is 2.94. The molecule has 0 fully saturated rings. The molecule has 2 aromatic rings. The van der Waals surface area contributed by atoms with E-state index in [1.54, 1.807) is 0 Å². The molecule has 2 rings (SSSR count). The van der Waals surface area contributed by atoms with Crippen molar-refractivity contribution in [3.8, 4) is 0 Å². The summed E-state index contributed by atoms with van der Waals surface area (Å²) in [6.07, 6.45) is 0. The Labute approximate surface area is 102 Å². The van der Waals surface area contributed by atoms with Gasteiger partial charge >= 0.3 is 0 Å². The summed E-state index contributed by atoms with van der Waals surface area (Å²) in [5.41, 5.74) is 7.99. The Hall–Kier alpha value is -1.32. The predicted octanol–water partition coefficient (Wildman–Crippen LogP) is 2.74. The number of fused-ring (bicyclic) bond motifs is 1. The van der Waals surface area contributed by atoms with Gasteiger partial charge in [-0.2, -0.15) is 0 Å². The van der Waals surface area contributed by atoms with Gasteiger partial charge in [0.15, 0.2) is 0 Å². The summed E-state index contributed by atoms with van der Waals surface area (Å²) in [5.74, 6) is 0.954. The number of aryl methyl sites for hydroxylation is 1. The zero-order valence-electron chi connectivity index (χ0n) is 10.7. The highest BCUT2D eigenvalue weighted by Crippen LogP contribution is 2.30. The topological polar surface area (TPSA) is 51.2 Å². The molecule has 3 N–H and O–H groups in total. The summed E-state index contributed by atoms with van der Waals surface area (Å²) >= 11 is 0. The highest BCUT2D eigenvalue weighted by atomic mass is 16.3. The molecule has 1 aromatic heterocycles. The van der Waals surface area contributed by atoms with E-state index in [1.807, 2.05) is 25.1 Å². The van der Waals surface area contributed by atoms with Crippen molar-refractivity contribution in [2.24, 2.45) is 5.73 Å². The Kier molecular flexibility index (Phi) is 3.50. The smallest absolute Gasteiger partial charge is 0.134 e. The molecule has 1 heterocycles. The van der Waals surface area contributed by atoms with Gasteiger partial charge in [0.1, 0.15) is 11.3 Å². The van der Waals surface area contributed by atoms with Gasteiger partial charge in [0, 0.05) is 29.6 Å². The van der Waals surface area contributed by atoms with E-state index < -0.39 is 0 Å². The molecule has 3 heteroatoms. The van der Waals surface area contributed by atoms with E-state index in [1.165, 1.54) is 5.56 Å². The highest BCUT2D eigenvalue weighted by Gasteiger charge is 2.19. The molecule has 0 radical (unpaired) electrons. The van der Waals surface area contributed by atoms with E-state index in [0.717, 1.165) is 16.7 Å². The van der Waals surface area contributed by atoms with Crippen molar-refractivity contribution in [1.29, 1.82) is 0 Å². The van der Waals surface area contributed by atoms with Crippen LogP contribution < -0.4 is 11.1 Å². The fourth-order valence-corrected chi connectivity index (χ4v) is 2.29. The maximum Gasteiger partial charge on any atom is 0.134 e. The summed E-state index contributed by atoms with van der Waals surface area (Å²) in [5, 5.41) is 4.64. The summed E-state index contributed by atoms with van der Waals surface area (Å²) in [4.78, 5) is 0. The van der Waals surface area contributed by atoms with Crippen molar-refractivity contribution in [2.75, 3.05) is 6.54 Å². The average molecular weight is 232 g/mol. The summed E-state index contributed by atoms with van der Waals surface area (Å²) in [7, 11) is 0. The van der Waals surface area contributed by atoms with E-state index >= 15 is 0 Å². The molecule has 1 unspecified atom stereocenters. The fraction of sp³-hybridized carbons (Fsp3) is 0.429. The van der Waals surface area contributed by atoms with Crippen molar-refractivity contribution >= 4 is 11.0 Å². The summed E-state index contributed by atoms with van der Waals surface area (Å²) in [6.45, 7) is 6.82. The predicted molar refractivity (Wildman–Crippen MR) is 71.0 cm³/mol. The van der Waals surface area contributed by atoms with Crippen molar-refractivity contribution in [3.63, 3.8) is 0 Å². The number of hydrogen-bond acceptors (Lipinski definition) is 3. The molecule has 1 atom stereocenters. The van der Waals surface area contributed by atoms with E-state index in [0.29, 0.717) is 12.6 Å². The van der Waals surface area contributed by atoms with E-state index in [2.05, 4.69) is 25.2 Å². The maximum atomic E-state index is 5.87. The Balaban J connectivity index is 2.48. The van der Waals surface area contributed by atoms with E-state index in [-0.39, 0.29) is 6.04 Å². The SMILES string of the molecule is Cc1oc2ccccc2c1C(CN)NC(C)C. The Morgan fingerprint density at radius 3 is 2.65 bits per heavy atom. The van der Waals surface area contributed by atoms with Crippen molar-refractivity contribution < 1.29 is 4.42 Å². The minimum atomic E-state index is 0.152. The zero-order chi connectivity index (χ0) is 12.4. The molecule has 1 aromatic carbocycles. The average Bonchev–Trinajstić information content (AvgIpc) is 2.62. The largest absolute Gasteiger partial charge is 0.461 e. The van der Waals surface area contributed by atoms with E-state index in [9.17, 15) is 0 Å². The third-order valence-corrected chi connectivity index (χ3v) is 2.94. The van der Waals surface area contributed by atoms with Gasteiger partial charge in [-0.3, -0.25) is 0 Å². The second-order valence-corrected chi connectivity index (χ2v) is 4.68. The molecular weight excluding hydrogens is 212 g/mol. The Morgan fingerprint density at radius 2 is 2.00 bits per heavy atom. The normalized spacial score (nSPS) is 13.5. The number of benzene rings is 1. The van der Waals surface area contributed by atoms with Gasteiger partial charge in [-0.25, -0.2) is 0 Å². The van der Waals surface area contributed by atoms with Crippen LogP contribution in [-0.2, 0) is 0 Å². The van der Waals surface area contributed by atoms with Crippen molar-refractivity contribution in [2.45, 2.75) is 32.9 Å². The lowest BCUT2D eigenvalue weighted by Crippen LogP contribution is -2.33. The molecule has 3 nitrogen and oxygen atoms in total. The summed E-state index contributed by atoms with van der Waals surface area (Å²) in [6, 6.07) is 8.66. The second-order valence-electron chi connectivity index (χ2n) is 4.68. The van der Waals surface area contributed by atoms with Crippen LogP contribution in [0.4, 0.5) is 0 Å². The van der Waals surface area contributed by atoms with Crippen LogP contribution in [0.1, 0.15) is 31.2 Å². The Morgan fingerprint density at radius 1 is 1.29 bits per heavy atom. The number of furan rings is 1. The number of rotatable bonds is 4. The van der Waals surface area contributed by atoms with Crippen LogP contribution in [0.5, 0.6) is 0 Å². The van der Waals surface area contributed by atoms with Gasteiger partial charge in [-0.1, -0.05) is 32.0 Å². The van der Waals surface area contributed by atoms with Crippen LogP contribution in [0, 0.1) is 6.92 Å². The molecular formula is C14H20N2O.